The predicted octanol–water partition coefficient (Wildman–Crippen LogP) is 3.02. The lowest BCUT2D eigenvalue weighted by molar-refractivity contribution is -0.274. The minimum atomic E-state index is -4.74. The van der Waals surface area contributed by atoms with Crippen LogP contribution in [0.5, 0.6) is 5.75 Å². The zero-order valence-corrected chi connectivity index (χ0v) is 16.8. The van der Waals surface area contributed by atoms with Crippen LogP contribution >= 0.6 is 0 Å². The summed E-state index contributed by atoms with van der Waals surface area (Å²) in [5, 5.41) is 9.07. The second-order valence-corrected chi connectivity index (χ2v) is 8.05. The number of ether oxygens (including phenoxy) is 1. The molecule has 1 saturated carbocycles. The van der Waals surface area contributed by atoms with Crippen LogP contribution in [-0.4, -0.2) is 36.8 Å². The number of amides is 2. The monoisotopic (exact) mass is 427 g/mol. The number of carbonyl (C=O) groups is 2. The second-order valence-electron chi connectivity index (χ2n) is 8.05. The quantitative estimate of drug-likeness (QED) is 0.625. The molecule has 9 heteroatoms. The molecular weight excluding hydrogens is 399 g/mol. The van der Waals surface area contributed by atoms with Crippen molar-refractivity contribution in [3.63, 3.8) is 0 Å². The van der Waals surface area contributed by atoms with E-state index in [2.05, 4.69) is 20.7 Å². The van der Waals surface area contributed by atoms with Crippen molar-refractivity contribution in [1.82, 2.24) is 16.0 Å². The van der Waals surface area contributed by atoms with Gasteiger partial charge in [0, 0.05) is 19.0 Å². The predicted molar refractivity (Wildman–Crippen MR) is 105 cm³/mol. The Hall–Kier alpha value is -2.29. The van der Waals surface area contributed by atoms with Gasteiger partial charge in [0.05, 0.1) is 6.04 Å². The molecule has 1 heterocycles. The van der Waals surface area contributed by atoms with Gasteiger partial charge in [-0.2, -0.15) is 0 Å². The van der Waals surface area contributed by atoms with E-state index in [1.54, 1.807) is 6.07 Å². The van der Waals surface area contributed by atoms with Crippen LogP contribution in [-0.2, 0) is 16.1 Å². The normalized spacial score (nSPS) is 24.3. The smallest absolute Gasteiger partial charge is 0.406 e. The fourth-order valence-electron chi connectivity index (χ4n) is 4.11. The van der Waals surface area contributed by atoms with Crippen molar-refractivity contribution >= 4 is 11.8 Å². The molecule has 1 saturated heterocycles. The van der Waals surface area contributed by atoms with Gasteiger partial charge in [-0.05, 0) is 68.7 Å². The third-order valence-electron chi connectivity index (χ3n) is 5.67. The fraction of sp³-hybridized carbons (Fsp3) is 0.619. The molecule has 3 N–H and O–H groups in total. The van der Waals surface area contributed by atoms with E-state index < -0.39 is 6.36 Å². The maximum absolute atomic E-state index is 12.3. The number of hydrogen-bond donors (Lipinski definition) is 3. The van der Waals surface area contributed by atoms with E-state index in [-0.39, 0.29) is 42.1 Å². The van der Waals surface area contributed by atoms with Crippen molar-refractivity contribution in [3.8, 4) is 5.75 Å². The standard InChI is InChI=1S/C21H28F3N3O3/c22-21(23,24)30-17-4-1-3-15(11-17)13-26-19(28)12-14-6-8-16(9-7-14)27-20(29)18-5-2-10-25-18/h1,3-4,11,14,16,18,25H,2,5-10,12-13H2,(H,26,28)(H,27,29)/t14?,16?,18-/m0/s1. The summed E-state index contributed by atoms with van der Waals surface area (Å²) in [5.74, 6) is -0.102. The highest BCUT2D eigenvalue weighted by atomic mass is 19.4. The van der Waals surface area contributed by atoms with Crippen molar-refractivity contribution in [2.45, 2.75) is 69.9 Å². The van der Waals surface area contributed by atoms with Gasteiger partial charge >= 0.3 is 6.36 Å². The lowest BCUT2D eigenvalue weighted by Gasteiger charge is -2.29. The summed E-state index contributed by atoms with van der Waals surface area (Å²) in [6.45, 7) is 1.03. The first-order valence-corrected chi connectivity index (χ1v) is 10.4. The van der Waals surface area contributed by atoms with Crippen LogP contribution in [0.4, 0.5) is 13.2 Å². The van der Waals surface area contributed by atoms with Crippen molar-refractivity contribution in [2.75, 3.05) is 6.54 Å². The number of nitrogens with one attached hydrogen (secondary N) is 3. The Morgan fingerprint density at radius 3 is 2.57 bits per heavy atom. The third-order valence-corrected chi connectivity index (χ3v) is 5.67. The van der Waals surface area contributed by atoms with Gasteiger partial charge < -0.3 is 20.7 Å². The molecule has 1 aromatic carbocycles. The van der Waals surface area contributed by atoms with Crippen molar-refractivity contribution < 1.29 is 27.5 Å². The van der Waals surface area contributed by atoms with Crippen LogP contribution < -0.4 is 20.7 Å². The van der Waals surface area contributed by atoms with Gasteiger partial charge in [0.2, 0.25) is 11.8 Å². The number of benzene rings is 1. The van der Waals surface area contributed by atoms with Crippen molar-refractivity contribution in [2.24, 2.45) is 5.92 Å². The minimum absolute atomic E-state index is 0.0745. The Labute approximate surface area is 173 Å². The molecule has 0 unspecified atom stereocenters. The molecule has 1 aliphatic heterocycles. The fourth-order valence-corrected chi connectivity index (χ4v) is 4.11. The average molecular weight is 427 g/mol. The molecule has 0 aromatic heterocycles. The first kappa shape index (κ1) is 22.4. The number of hydrogen-bond acceptors (Lipinski definition) is 4. The zero-order chi connectivity index (χ0) is 21.6. The molecule has 2 fully saturated rings. The summed E-state index contributed by atoms with van der Waals surface area (Å²) in [4.78, 5) is 24.4. The first-order chi connectivity index (χ1) is 14.3. The summed E-state index contributed by atoms with van der Waals surface area (Å²) in [6, 6.07) is 5.67. The highest BCUT2D eigenvalue weighted by Crippen LogP contribution is 2.27. The van der Waals surface area contributed by atoms with Crippen LogP contribution in [0.3, 0.4) is 0 Å². The van der Waals surface area contributed by atoms with Crippen molar-refractivity contribution in [3.05, 3.63) is 29.8 Å². The van der Waals surface area contributed by atoms with E-state index in [9.17, 15) is 22.8 Å². The number of alkyl halides is 3. The molecule has 2 aliphatic rings. The highest BCUT2D eigenvalue weighted by molar-refractivity contribution is 5.82. The van der Waals surface area contributed by atoms with E-state index in [4.69, 9.17) is 0 Å². The van der Waals surface area contributed by atoms with Crippen LogP contribution in [0.2, 0.25) is 0 Å². The van der Waals surface area contributed by atoms with Gasteiger partial charge in [-0.15, -0.1) is 13.2 Å². The molecule has 30 heavy (non-hydrogen) atoms. The number of carbonyl (C=O) groups excluding carboxylic acids is 2. The van der Waals surface area contributed by atoms with E-state index in [1.807, 2.05) is 0 Å². The molecule has 3 rings (SSSR count). The van der Waals surface area contributed by atoms with E-state index in [0.29, 0.717) is 12.0 Å². The van der Waals surface area contributed by atoms with Crippen LogP contribution in [0.15, 0.2) is 24.3 Å². The van der Waals surface area contributed by atoms with E-state index in [1.165, 1.54) is 18.2 Å². The van der Waals surface area contributed by atoms with Gasteiger partial charge in [-0.3, -0.25) is 9.59 Å². The first-order valence-electron chi connectivity index (χ1n) is 10.4. The summed E-state index contributed by atoms with van der Waals surface area (Å²) in [5.41, 5.74) is 0.539. The molecule has 0 spiro atoms. The maximum atomic E-state index is 12.3. The molecular formula is C21H28F3N3O3. The van der Waals surface area contributed by atoms with Crippen LogP contribution in [0.1, 0.15) is 50.5 Å². The van der Waals surface area contributed by atoms with Gasteiger partial charge in [0.25, 0.3) is 0 Å². The highest BCUT2D eigenvalue weighted by Gasteiger charge is 2.31. The maximum Gasteiger partial charge on any atom is 0.573 e. The van der Waals surface area contributed by atoms with Gasteiger partial charge in [0.1, 0.15) is 5.75 Å². The Balaban J connectivity index is 1.36. The molecule has 0 radical (unpaired) electrons. The molecule has 1 aromatic rings. The molecule has 166 valence electrons. The van der Waals surface area contributed by atoms with Gasteiger partial charge in [-0.1, -0.05) is 12.1 Å². The van der Waals surface area contributed by atoms with E-state index in [0.717, 1.165) is 45.1 Å². The summed E-state index contributed by atoms with van der Waals surface area (Å²) < 4.78 is 40.8. The second kappa shape index (κ2) is 10.1. The van der Waals surface area contributed by atoms with Crippen LogP contribution in [0.25, 0.3) is 0 Å². The Morgan fingerprint density at radius 1 is 1.13 bits per heavy atom. The third kappa shape index (κ3) is 7.19. The SMILES string of the molecule is O=C(CC1CCC(NC(=O)[C@@H]2CCCN2)CC1)NCc1cccc(OC(F)(F)F)c1. The lowest BCUT2D eigenvalue weighted by Crippen LogP contribution is -2.46. The zero-order valence-electron chi connectivity index (χ0n) is 16.8. The van der Waals surface area contributed by atoms with Crippen LogP contribution in [0, 0.1) is 5.92 Å². The lowest BCUT2D eigenvalue weighted by atomic mass is 9.84. The number of halogens is 3. The molecule has 1 aliphatic carbocycles. The molecule has 0 bridgehead atoms. The van der Waals surface area contributed by atoms with Gasteiger partial charge in [-0.25, -0.2) is 0 Å². The van der Waals surface area contributed by atoms with E-state index >= 15 is 0 Å². The average Bonchev–Trinajstić information content (AvgIpc) is 3.22. The molecule has 1 atom stereocenters. The van der Waals surface area contributed by atoms with Crippen molar-refractivity contribution in [1.29, 1.82) is 0 Å². The summed E-state index contributed by atoms with van der Waals surface area (Å²) in [7, 11) is 0. The Morgan fingerprint density at radius 2 is 1.90 bits per heavy atom. The Bertz CT molecular complexity index is 728. The Kier molecular flexibility index (Phi) is 7.58. The molecule has 6 nitrogen and oxygen atoms in total. The summed E-state index contributed by atoms with van der Waals surface area (Å²) >= 11 is 0. The largest absolute Gasteiger partial charge is 0.573 e. The minimum Gasteiger partial charge on any atom is -0.406 e. The summed E-state index contributed by atoms with van der Waals surface area (Å²) in [6.07, 6.45) is 0.987. The van der Waals surface area contributed by atoms with Gasteiger partial charge in [0.15, 0.2) is 0 Å². The molecule has 2 amide bonds. The topological polar surface area (TPSA) is 79.5 Å². The number of rotatable bonds is 7.